The average Bonchev–Trinajstić information content (AvgIpc) is 1.57. The molecule has 0 saturated carbocycles. The van der Waals surface area contributed by atoms with Crippen molar-refractivity contribution in [2.24, 2.45) is 13.0 Å². The number of pyridine rings is 1. The van der Waals surface area contributed by atoms with Crippen LogP contribution in [0.3, 0.4) is 0 Å². The van der Waals surface area contributed by atoms with Crippen LogP contribution in [0.15, 0.2) is 77.6 Å². The van der Waals surface area contributed by atoms with Gasteiger partial charge in [-0.05, 0) is 100 Å². The van der Waals surface area contributed by atoms with E-state index in [4.69, 9.17) is 25.4 Å². The number of rotatable bonds is 16. The fourth-order valence-corrected chi connectivity index (χ4v) is 13.9. The van der Waals surface area contributed by atoms with Crippen LogP contribution >= 0.6 is 0 Å². The zero-order valence-electron chi connectivity index (χ0n) is 52.4. The second kappa shape index (κ2) is 25.3. The number of piperidine rings is 1. The summed E-state index contributed by atoms with van der Waals surface area (Å²) in [5.74, 6) is 0.255. The number of halogens is 3. The quantitative estimate of drug-likeness (QED) is 0.0773. The Kier molecular flexibility index (Phi) is 17.4. The van der Waals surface area contributed by atoms with Gasteiger partial charge in [0.15, 0.2) is 17.4 Å². The molecule has 91 heavy (non-hydrogen) atoms. The van der Waals surface area contributed by atoms with Gasteiger partial charge in [-0.3, -0.25) is 34.0 Å². The number of aromatic hydroxyl groups is 1. The number of aromatic nitrogens is 6. The van der Waals surface area contributed by atoms with Crippen molar-refractivity contribution in [3.05, 3.63) is 102 Å². The first-order valence-corrected chi connectivity index (χ1v) is 31.4. The number of benzene rings is 3. The number of carbonyl (C=O) groups is 3. The van der Waals surface area contributed by atoms with Crippen LogP contribution in [0.2, 0.25) is 0 Å². The molecule has 4 unspecified atom stereocenters. The standard InChI is InChI=1S/C67H78F3N13O8/c1-9-48-51(68)17-14-43-30-46(84)31-49(57(43)48)59-58(69)60-50(34-71-59)61(81-35-44-15-16-45(36-81)83(44)65(88)90-66(5,6)7)75-64(74-60)89-29-28-78-22-19-67(70,20-23-78)38-79-24-26-80(27-25-79)55-33-54(91-76-55)56(39(2)3)63(87)82-37-47(85)32-53(82)62(86)73-40(4)41-10-12-42(13-11-41)52-18-21-72-77(52)8/h1,10-14,17-18,21,30-31,33-34,39-40,44-45,47,53,56,84-85H,15-16,19-20,22-29,32,35-38H2,2-8H3,(H,73,86)/t40?,44?,45?,47-,53+,56?/m1/s1. The number of terminal acetylenes is 1. The molecule has 5 saturated heterocycles. The van der Waals surface area contributed by atoms with Crippen molar-refractivity contribution >= 4 is 51.2 Å². The number of hydrogen-bond acceptors (Lipinski definition) is 17. The Morgan fingerprint density at radius 2 is 1.64 bits per heavy atom. The van der Waals surface area contributed by atoms with Crippen molar-refractivity contribution in [1.29, 1.82) is 0 Å². The van der Waals surface area contributed by atoms with E-state index in [-0.39, 0.29) is 107 Å². The summed E-state index contributed by atoms with van der Waals surface area (Å²) in [4.78, 5) is 67.4. The second-order valence-corrected chi connectivity index (χ2v) is 26.4. The highest BCUT2D eigenvalue weighted by atomic mass is 19.1. The molecule has 5 fully saturated rings. The highest BCUT2D eigenvalue weighted by Gasteiger charge is 2.47. The Morgan fingerprint density at radius 3 is 2.31 bits per heavy atom. The third kappa shape index (κ3) is 12.9. The number of fused-ring (bicyclic) bond motifs is 4. The predicted octanol–water partition coefficient (Wildman–Crippen LogP) is 8.37. The number of nitrogens with one attached hydrogen (secondary N) is 1. The lowest BCUT2D eigenvalue weighted by Crippen LogP contribution is -2.57. The van der Waals surface area contributed by atoms with Crippen LogP contribution in [-0.2, 0) is 21.4 Å². The first kappa shape index (κ1) is 62.7. The van der Waals surface area contributed by atoms with Crippen LogP contribution in [0.5, 0.6) is 11.8 Å². The number of carbonyl (C=O) groups excluding carboxylic acids is 3. The van der Waals surface area contributed by atoms with Gasteiger partial charge < -0.3 is 44.2 Å². The molecule has 9 heterocycles. The molecule has 24 heteroatoms. The Morgan fingerprint density at radius 1 is 0.912 bits per heavy atom. The summed E-state index contributed by atoms with van der Waals surface area (Å²) in [6, 6.07) is 15.2. The molecule has 0 aliphatic carbocycles. The van der Waals surface area contributed by atoms with Crippen LogP contribution in [0.1, 0.15) is 102 Å². The summed E-state index contributed by atoms with van der Waals surface area (Å²) in [6.07, 6.45) is 9.88. The van der Waals surface area contributed by atoms with Crippen LogP contribution < -0.4 is 19.9 Å². The number of aryl methyl sites for hydroxylation is 1. The zero-order valence-corrected chi connectivity index (χ0v) is 52.4. The van der Waals surface area contributed by atoms with Gasteiger partial charge >= 0.3 is 12.1 Å². The van der Waals surface area contributed by atoms with Gasteiger partial charge in [-0.2, -0.15) is 15.1 Å². The van der Waals surface area contributed by atoms with Gasteiger partial charge in [0.25, 0.3) is 0 Å². The number of phenols is 1. The number of piperazine rings is 2. The summed E-state index contributed by atoms with van der Waals surface area (Å²) in [7, 11) is 1.88. The van der Waals surface area contributed by atoms with E-state index >= 15 is 13.2 Å². The molecule has 21 nitrogen and oxygen atoms in total. The number of aliphatic hydroxyl groups is 1. The van der Waals surface area contributed by atoms with Gasteiger partial charge in [-0.1, -0.05) is 55.3 Å². The maximum absolute atomic E-state index is 17.4. The molecule has 7 aromatic rings. The molecule has 5 aliphatic rings. The monoisotopic (exact) mass is 1250 g/mol. The molecule has 12 rings (SSSR count). The van der Waals surface area contributed by atoms with E-state index in [2.05, 4.69) is 46.2 Å². The molecule has 3 amide bonds. The normalized spacial score (nSPS) is 21.2. The number of amides is 3. The molecular formula is C67H78F3N13O8. The molecule has 3 aromatic carbocycles. The van der Waals surface area contributed by atoms with E-state index in [0.717, 1.165) is 29.7 Å². The number of phenolic OH excluding ortho intramolecular Hbond substituents is 1. The summed E-state index contributed by atoms with van der Waals surface area (Å²) >= 11 is 0. The van der Waals surface area contributed by atoms with Crippen molar-refractivity contribution < 1.29 is 51.8 Å². The smallest absolute Gasteiger partial charge is 0.410 e. The number of anilines is 2. The Balaban J connectivity index is 0.663. The lowest BCUT2D eigenvalue weighted by molar-refractivity contribution is -0.141. The molecule has 0 radical (unpaired) electrons. The van der Waals surface area contributed by atoms with E-state index in [1.165, 1.54) is 35.4 Å². The Labute approximate surface area is 526 Å². The summed E-state index contributed by atoms with van der Waals surface area (Å²) < 4.78 is 69.1. The van der Waals surface area contributed by atoms with E-state index in [1.54, 1.807) is 21.8 Å². The molecule has 6 atom stereocenters. The van der Waals surface area contributed by atoms with Gasteiger partial charge in [0.2, 0.25) is 11.8 Å². The first-order valence-electron chi connectivity index (χ1n) is 31.4. The Bertz CT molecular complexity index is 3890. The van der Waals surface area contributed by atoms with Crippen molar-refractivity contribution in [2.75, 3.05) is 88.4 Å². The van der Waals surface area contributed by atoms with Crippen LogP contribution in [0, 0.1) is 29.9 Å². The fourth-order valence-electron chi connectivity index (χ4n) is 13.9. The van der Waals surface area contributed by atoms with Crippen LogP contribution in [0.4, 0.5) is 29.6 Å². The highest BCUT2D eigenvalue weighted by molar-refractivity contribution is 6.03. The zero-order chi connectivity index (χ0) is 64.2. The number of hydrogen-bond donors (Lipinski definition) is 3. The van der Waals surface area contributed by atoms with E-state index in [0.29, 0.717) is 94.5 Å². The van der Waals surface area contributed by atoms with Crippen molar-refractivity contribution in [3.63, 3.8) is 0 Å². The number of likely N-dealkylation sites (tertiary alicyclic amines) is 2. The maximum Gasteiger partial charge on any atom is 0.410 e. The lowest BCUT2D eigenvalue weighted by Gasteiger charge is -2.42. The van der Waals surface area contributed by atoms with Crippen molar-refractivity contribution in [2.45, 2.75) is 121 Å². The topological polar surface area (TPSA) is 224 Å². The lowest BCUT2D eigenvalue weighted by atomic mass is 9.91. The molecular weight excluding hydrogens is 1170 g/mol. The minimum absolute atomic E-state index is 0.0114. The molecule has 2 bridgehead atoms. The van der Waals surface area contributed by atoms with E-state index in [1.807, 2.05) is 83.8 Å². The second-order valence-electron chi connectivity index (χ2n) is 26.4. The van der Waals surface area contributed by atoms with E-state index < -0.39 is 47.1 Å². The van der Waals surface area contributed by atoms with Crippen molar-refractivity contribution in [3.8, 4) is 46.6 Å². The molecule has 480 valence electrons. The third-order valence-electron chi connectivity index (χ3n) is 18.6. The third-order valence-corrected chi connectivity index (χ3v) is 18.6. The van der Waals surface area contributed by atoms with Gasteiger partial charge in [-0.25, -0.2) is 18.0 Å². The molecule has 3 N–H and O–H groups in total. The minimum atomic E-state index is -1.44. The van der Waals surface area contributed by atoms with Crippen LogP contribution in [0.25, 0.3) is 44.2 Å². The van der Waals surface area contributed by atoms with Gasteiger partial charge in [0.1, 0.15) is 58.4 Å². The highest BCUT2D eigenvalue weighted by Crippen LogP contribution is 2.42. The van der Waals surface area contributed by atoms with Gasteiger partial charge in [-0.15, -0.1) is 6.42 Å². The van der Waals surface area contributed by atoms with Gasteiger partial charge in [0, 0.05) is 115 Å². The summed E-state index contributed by atoms with van der Waals surface area (Å²) in [5.41, 5.74) is 0.346. The largest absolute Gasteiger partial charge is 0.508 e. The average molecular weight is 1250 g/mol. The number of nitrogens with zero attached hydrogens (tertiary/aromatic N) is 12. The molecule has 5 aliphatic heterocycles. The number of aliphatic hydroxyl groups excluding tert-OH is 1. The summed E-state index contributed by atoms with van der Waals surface area (Å²) in [6.45, 7) is 15.9. The predicted molar refractivity (Wildman–Crippen MR) is 336 cm³/mol. The first-order chi connectivity index (χ1) is 43.5. The summed E-state index contributed by atoms with van der Waals surface area (Å²) in [5, 5.41) is 34.2. The number of β-amino-alcohol motifs (C(OH)–C–C–N with tert-alkyl or cyclic N) is 1. The SMILES string of the molecule is C#Cc1c(F)ccc2cc(O)cc(-c3ncc4c(N5CC6CCC(C5)N6C(=O)OC(C)(C)C)nc(OCCN5CCC(F)(CN6CCN(c7cc(C(C(=O)N8C[C@H](O)C[C@H]8C(=O)NC(C)c8ccc(-c9ccnn9C)cc8)C(C)C)on7)CC6)CC5)nc4c3F)c12. The number of alkyl halides is 1. The molecule has 0 spiro atoms. The molecule has 4 aromatic heterocycles. The Hall–Kier alpha value is -8.53. The van der Waals surface area contributed by atoms with E-state index in [9.17, 15) is 24.6 Å². The maximum atomic E-state index is 17.4. The minimum Gasteiger partial charge on any atom is -0.508 e. The van der Waals surface area contributed by atoms with Crippen molar-refractivity contribution in [1.82, 2.24) is 54.8 Å². The van der Waals surface area contributed by atoms with Gasteiger partial charge in [0.05, 0.1) is 40.9 Å². The van der Waals surface area contributed by atoms with Crippen LogP contribution in [-0.4, -0.2) is 192 Å². The fraction of sp³-hybridized carbons (Fsp3) is 0.493. The number of ether oxygens (including phenoxy) is 2.